The molecule has 0 heterocycles. The number of para-hydroxylation sites is 1. The minimum atomic E-state index is 0.472. The SMILES string of the molecule is CC=CCOc1c(Br)cccc1C=O. The van der Waals surface area contributed by atoms with E-state index in [4.69, 9.17) is 4.74 Å². The fraction of sp³-hybridized carbons (Fsp3) is 0.182. The van der Waals surface area contributed by atoms with Crippen LogP contribution in [0.4, 0.5) is 0 Å². The molecule has 0 atom stereocenters. The van der Waals surface area contributed by atoms with E-state index in [-0.39, 0.29) is 0 Å². The Labute approximate surface area is 91.7 Å². The molecular weight excluding hydrogens is 244 g/mol. The zero-order valence-corrected chi connectivity index (χ0v) is 9.45. The van der Waals surface area contributed by atoms with Crippen molar-refractivity contribution < 1.29 is 9.53 Å². The summed E-state index contributed by atoms with van der Waals surface area (Å²) in [5.41, 5.74) is 0.559. The Kier molecular flexibility index (Phi) is 4.40. The van der Waals surface area contributed by atoms with Gasteiger partial charge in [-0.1, -0.05) is 18.2 Å². The summed E-state index contributed by atoms with van der Waals surface area (Å²) in [5, 5.41) is 0. The Morgan fingerprint density at radius 3 is 2.93 bits per heavy atom. The smallest absolute Gasteiger partial charge is 0.153 e. The summed E-state index contributed by atoms with van der Waals surface area (Å²) in [4.78, 5) is 10.7. The summed E-state index contributed by atoms with van der Waals surface area (Å²) in [7, 11) is 0. The fourth-order valence-corrected chi connectivity index (χ4v) is 1.49. The number of ether oxygens (including phenoxy) is 1. The first-order valence-corrected chi connectivity index (χ1v) is 5.06. The molecule has 0 aliphatic heterocycles. The highest BCUT2D eigenvalue weighted by Crippen LogP contribution is 2.27. The van der Waals surface area contributed by atoms with Crippen molar-refractivity contribution in [2.75, 3.05) is 6.61 Å². The zero-order chi connectivity index (χ0) is 10.4. The minimum absolute atomic E-state index is 0.472. The maximum Gasteiger partial charge on any atom is 0.153 e. The van der Waals surface area contributed by atoms with E-state index in [9.17, 15) is 4.79 Å². The number of aldehydes is 1. The maximum atomic E-state index is 10.7. The van der Waals surface area contributed by atoms with E-state index in [0.717, 1.165) is 10.8 Å². The Hall–Kier alpha value is -1.09. The van der Waals surface area contributed by atoms with E-state index in [1.54, 1.807) is 12.1 Å². The van der Waals surface area contributed by atoms with Crippen molar-refractivity contribution >= 4 is 22.2 Å². The highest BCUT2D eigenvalue weighted by molar-refractivity contribution is 9.10. The second-order valence-electron chi connectivity index (χ2n) is 2.66. The number of hydrogen-bond acceptors (Lipinski definition) is 2. The molecule has 0 aliphatic rings. The Balaban J connectivity index is 2.87. The molecule has 0 aliphatic carbocycles. The van der Waals surface area contributed by atoms with Gasteiger partial charge in [-0.25, -0.2) is 0 Å². The van der Waals surface area contributed by atoms with Crippen LogP contribution in [0, 0.1) is 0 Å². The van der Waals surface area contributed by atoms with Gasteiger partial charge in [0.2, 0.25) is 0 Å². The predicted octanol–water partition coefficient (Wildman–Crippen LogP) is 3.22. The van der Waals surface area contributed by atoms with Gasteiger partial charge in [-0.15, -0.1) is 0 Å². The Morgan fingerprint density at radius 1 is 1.50 bits per heavy atom. The lowest BCUT2D eigenvalue weighted by Crippen LogP contribution is -1.97. The Morgan fingerprint density at radius 2 is 2.29 bits per heavy atom. The van der Waals surface area contributed by atoms with Gasteiger partial charge in [0.1, 0.15) is 12.4 Å². The summed E-state index contributed by atoms with van der Waals surface area (Å²) in [6, 6.07) is 5.37. The molecule has 0 N–H and O–H groups in total. The third-order valence-electron chi connectivity index (χ3n) is 1.68. The largest absolute Gasteiger partial charge is 0.488 e. The van der Waals surface area contributed by atoms with Crippen LogP contribution in [-0.2, 0) is 0 Å². The van der Waals surface area contributed by atoms with Gasteiger partial charge in [-0.05, 0) is 35.0 Å². The van der Waals surface area contributed by atoms with Crippen molar-refractivity contribution in [3.8, 4) is 5.75 Å². The van der Waals surface area contributed by atoms with Gasteiger partial charge in [0.05, 0.1) is 10.0 Å². The molecule has 0 spiro atoms. The van der Waals surface area contributed by atoms with Crippen LogP contribution in [0.1, 0.15) is 17.3 Å². The lowest BCUT2D eigenvalue weighted by atomic mass is 10.2. The van der Waals surface area contributed by atoms with Crippen molar-refractivity contribution in [1.29, 1.82) is 0 Å². The molecule has 0 saturated heterocycles. The second-order valence-corrected chi connectivity index (χ2v) is 3.51. The Bertz CT molecular complexity index is 345. The van der Waals surface area contributed by atoms with Gasteiger partial charge in [-0.2, -0.15) is 0 Å². The van der Waals surface area contributed by atoms with Crippen molar-refractivity contribution in [2.45, 2.75) is 6.92 Å². The minimum Gasteiger partial charge on any atom is -0.488 e. The molecule has 0 bridgehead atoms. The number of carbonyl (C=O) groups is 1. The molecule has 2 nitrogen and oxygen atoms in total. The molecule has 74 valence electrons. The molecule has 1 aromatic carbocycles. The van der Waals surface area contributed by atoms with E-state index in [2.05, 4.69) is 15.9 Å². The van der Waals surface area contributed by atoms with Crippen LogP contribution in [0.3, 0.4) is 0 Å². The summed E-state index contributed by atoms with van der Waals surface area (Å²) in [5.74, 6) is 0.598. The van der Waals surface area contributed by atoms with Crippen LogP contribution in [-0.4, -0.2) is 12.9 Å². The normalized spacial score (nSPS) is 10.4. The molecular formula is C11H11BrO2. The first-order chi connectivity index (χ1) is 6.79. The third kappa shape index (κ3) is 2.70. The molecule has 0 unspecified atom stereocenters. The number of carbonyl (C=O) groups excluding carboxylic acids is 1. The van der Waals surface area contributed by atoms with Crippen LogP contribution < -0.4 is 4.74 Å². The standard InChI is InChI=1S/C11H11BrO2/c1-2-3-7-14-11-9(8-13)5-4-6-10(11)12/h2-6,8H,7H2,1H3. The van der Waals surface area contributed by atoms with E-state index >= 15 is 0 Å². The summed E-state index contributed by atoms with van der Waals surface area (Å²) < 4.78 is 6.23. The first kappa shape index (κ1) is 11.0. The van der Waals surface area contributed by atoms with Crippen molar-refractivity contribution in [3.63, 3.8) is 0 Å². The number of hydrogen-bond donors (Lipinski definition) is 0. The van der Waals surface area contributed by atoms with Gasteiger partial charge in [0, 0.05) is 0 Å². The average Bonchev–Trinajstić information content (AvgIpc) is 2.20. The van der Waals surface area contributed by atoms with E-state index in [1.807, 2.05) is 25.1 Å². The summed E-state index contributed by atoms with van der Waals surface area (Å²) in [6.07, 6.45) is 4.57. The average molecular weight is 255 g/mol. The molecule has 3 heteroatoms. The molecule has 1 aromatic rings. The molecule has 14 heavy (non-hydrogen) atoms. The number of halogens is 1. The van der Waals surface area contributed by atoms with Gasteiger partial charge in [0.15, 0.2) is 6.29 Å². The molecule has 0 aromatic heterocycles. The third-order valence-corrected chi connectivity index (χ3v) is 2.31. The molecule has 0 radical (unpaired) electrons. The van der Waals surface area contributed by atoms with Crippen molar-refractivity contribution in [2.24, 2.45) is 0 Å². The van der Waals surface area contributed by atoms with Crippen molar-refractivity contribution in [3.05, 3.63) is 40.4 Å². The van der Waals surface area contributed by atoms with E-state index in [0.29, 0.717) is 17.9 Å². The van der Waals surface area contributed by atoms with Crippen LogP contribution in [0.15, 0.2) is 34.8 Å². The molecule has 0 amide bonds. The second kappa shape index (κ2) is 5.60. The van der Waals surface area contributed by atoms with E-state index in [1.165, 1.54) is 0 Å². The van der Waals surface area contributed by atoms with Crippen molar-refractivity contribution in [1.82, 2.24) is 0 Å². The molecule has 1 rings (SSSR count). The lowest BCUT2D eigenvalue weighted by molar-refractivity contribution is 0.112. The van der Waals surface area contributed by atoms with Crippen LogP contribution in [0.5, 0.6) is 5.75 Å². The fourth-order valence-electron chi connectivity index (χ4n) is 0.998. The van der Waals surface area contributed by atoms with E-state index < -0.39 is 0 Å². The lowest BCUT2D eigenvalue weighted by Gasteiger charge is -2.07. The predicted molar refractivity (Wildman–Crippen MR) is 59.8 cm³/mol. The number of rotatable bonds is 4. The topological polar surface area (TPSA) is 26.3 Å². The summed E-state index contributed by atoms with van der Waals surface area (Å²) >= 11 is 3.33. The quantitative estimate of drug-likeness (QED) is 0.610. The highest BCUT2D eigenvalue weighted by Gasteiger charge is 2.05. The van der Waals surface area contributed by atoms with Crippen LogP contribution >= 0.6 is 15.9 Å². The van der Waals surface area contributed by atoms with Gasteiger partial charge >= 0.3 is 0 Å². The molecule has 0 saturated carbocycles. The molecule has 0 fully saturated rings. The maximum absolute atomic E-state index is 10.7. The van der Waals surface area contributed by atoms with Crippen LogP contribution in [0.2, 0.25) is 0 Å². The number of allylic oxidation sites excluding steroid dienone is 1. The zero-order valence-electron chi connectivity index (χ0n) is 7.87. The summed E-state index contributed by atoms with van der Waals surface area (Å²) in [6.45, 7) is 2.39. The first-order valence-electron chi connectivity index (χ1n) is 4.27. The highest BCUT2D eigenvalue weighted by atomic mass is 79.9. The van der Waals surface area contributed by atoms with Crippen LogP contribution in [0.25, 0.3) is 0 Å². The number of benzene rings is 1. The van der Waals surface area contributed by atoms with Gasteiger partial charge < -0.3 is 4.74 Å². The monoisotopic (exact) mass is 254 g/mol. The van der Waals surface area contributed by atoms with Gasteiger partial charge in [0.25, 0.3) is 0 Å². The van der Waals surface area contributed by atoms with Gasteiger partial charge in [-0.3, -0.25) is 4.79 Å².